The molecule has 0 spiro atoms. The number of carboxylic acid groups (broad SMARTS) is 1. The van der Waals surface area contributed by atoms with E-state index in [1.54, 1.807) is 18.2 Å². The highest BCUT2D eigenvalue weighted by Gasteiger charge is 2.30. The lowest BCUT2D eigenvalue weighted by atomic mass is 10.0. The van der Waals surface area contributed by atoms with E-state index in [1.165, 1.54) is 12.1 Å². The first-order valence-corrected chi connectivity index (χ1v) is 11.6. The molecule has 0 aliphatic heterocycles. The Morgan fingerprint density at radius 2 is 1.97 bits per heavy atom. The van der Waals surface area contributed by atoms with Gasteiger partial charge in [-0.3, -0.25) is 4.79 Å². The summed E-state index contributed by atoms with van der Waals surface area (Å²) in [5, 5.41) is 13.4. The van der Waals surface area contributed by atoms with Crippen LogP contribution in [0.1, 0.15) is 55.5 Å². The van der Waals surface area contributed by atoms with Crippen molar-refractivity contribution in [3.63, 3.8) is 0 Å². The Bertz CT molecular complexity index is 1140. The largest absolute Gasteiger partial charge is 0.480 e. The molecule has 2 aromatic carbocycles. The summed E-state index contributed by atoms with van der Waals surface area (Å²) in [5.74, 6) is -0.447. The van der Waals surface area contributed by atoms with Crippen molar-refractivity contribution in [2.24, 2.45) is 0 Å². The second-order valence-electron chi connectivity index (χ2n) is 8.25. The molecule has 0 saturated heterocycles. The maximum atomic E-state index is 14.7. The standard InChI is InChI=1S/C23H24FN3O4S/c1-13(2)15-6-8-17(9-7-15)32(30)27-20(23(28)29)12-14-3-10-18(19(24)11-14)21-25-22(31-26-21)16-4-5-16/h3,6-11,13,16,20,27H,4-5,12H2,1-2H3,(H,28,29). The maximum Gasteiger partial charge on any atom is 0.321 e. The van der Waals surface area contributed by atoms with E-state index in [4.69, 9.17) is 4.52 Å². The van der Waals surface area contributed by atoms with Gasteiger partial charge in [0.1, 0.15) is 22.8 Å². The van der Waals surface area contributed by atoms with Gasteiger partial charge in [-0.15, -0.1) is 0 Å². The quantitative estimate of drug-likeness (QED) is 0.499. The van der Waals surface area contributed by atoms with Gasteiger partial charge in [0.25, 0.3) is 0 Å². The summed E-state index contributed by atoms with van der Waals surface area (Å²) in [7, 11) is -1.72. The van der Waals surface area contributed by atoms with Crippen molar-refractivity contribution < 1.29 is 23.0 Å². The van der Waals surface area contributed by atoms with Gasteiger partial charge < -0.3 is 9.63 Å². The summed E-state index contributed by atoms with van der Waals surface area (Å²) in [4.78, 5) is 16.5. The van der Waals surface area contributed by atoms with Crippen molar-refractivity contribution in [1.82, 2.24) is 14.9 Å². The predicted molar refractivity (Wildman–Crippen MR) is 117 cm³/mol. The van der Waals surface area contributed by atoms with Crippen LogP contribution in [0.3, 0.4) is 0 Å². The second kappa shape index (κ2) is 9.30. The van der Waals surface area contributed by atoms with Crippen molar-refractivity contribution in [3.8, 4) is 11.4 Å². The van der Waals surface area contributed by atoms with Crippen LogP contribution < -0.4 is 4.72 Å². The predicted octanol–water partition coefficient (Wildman–Crippen LogP) is 4.18. The van der Waals surface area contributed by atoms with Gasteiger partial charge in [0.05, 0.1) is 10.5 Å². The molecule has 2 unspecified atom stereocenters. The number of aromatic nitrogens is 2. The first-order chi connectivity index (χ1) is 15.3. The number of hydrogen-bond donors (Lipinski definition) is 2. The second-order valence-corrected chi connectivity index (χ2v) is 9.49. The van der Waals surface area contributed by atoms with Crippen LogP contribution in [0.4, 0.5) is 4.39 Å². The summed E-state index contributed by atoms with van der Waals surface area (Å²) >= 11 is 0. The van der Waals surface area contributed by atoms with Gasteiger partial charge in [-0.1, -0.05) is 37.2 Å². The molecule has 0 bridgehead atoms. The van der Waals surface area contributed by atoms with E-state index < -0.39 is 28.8 Å². The Morgan fingerprint density at radius 1 is 1.25 bits per heavy atom. The number of nitrogens with zero attached hydrogens (tertiary/aromatic N) is 2. The molecule has 2 N–H and O–H groups in total. The molecule has 1 saturated carbocycles. The molecular weight excluding hydrogens is 433 g/mol. The van der Waals surface area contributed by atoms with Crippen molar-refractivity contribution in [2.75, 3.05) is 0 Å². The van der Waals surface area contributed by atoms with Gasteiger partial charge in [-0.05, 0) is 60.6 Å². The molecule has 1 aromatic heterocycles. The Hall–Kier alpha value is -2.91. The first kappa shape index (κ1) is 22.3. The molecule has 168 valence electrons. The monoisotopic (exact) mass is 457 g/mol. The molecule has 9 heteroatoms. The van der Waals surface area contributed by atoms with Crippen molar-refractivity contribution >= 4 is 17.0 Å². The first-order valence-electron chi connectivity index (χ1n) is 10.4. The minimum Gasteiger partial charge on any atom is -0.480 e. The highest BCUT2D eigenvalue weighted by molar-refractivity contribution is 7.83. The fourth-order valence-corrected chi connectivity index (χ4v) is 4.26. The minimum absolute atomic E-state index is 0.0398. The van der Waals surface area contributed by atoms with E-state index in [0.29, 0.717) is 22.3 Å². The molecular formula is C23H24FN3O4S. The van der Waals surface area contributed by atoms with Crippen LogP contribution in [0, 0.1) is 5.82 Å². The van der Waals surface area contributed by atoms with E-state index >= 15 is 0 Å². The van der Waals surface area contributed by atoms with E-state index in [0.717, 1.165) is 18.4 Å². The lowest BCUT2D eigenvalue weighted by molar-refractivity contribution is -0.138. The summed E-state index contributed by atoms with van der Waals surface area (Å²) in [6.07, 6.45) is 1.95. The molecule has 0 radical (unpaired) electrons. The van der Waals surface area contributed by atoms with Crippen LogP contribution in [-0.4, -0.2) is 31.5 Å². The molecule has 1 heterocycles. The number of aliphatic carboxylic acids is 1. The Kier molecular flexibility index (Phi) is 6.48. The van der Waals surface area contributed by atoms with Gasteiger partial charge in [-0.25, -0.2) is 13.3 Å². The molecule has 0 amide bonds. The smallest absolute Gasteiger partial charge is 0.321 e. The van der Waals surface area contributed by atoms with E-state index in [9.17, 15) is 18.5 Å². The molecule has 1 aliphatic carbocycles. The highest BCUT2D eigenvalue weighted by Crippen LogP contribution is 2.39. The van der Waals surface area contributed by atoms with Gasteiger partial charge in [0.15, 0.2) is 0 Å². The fourth-order valence-electron chi connectivity index (χ4n) is 3.30. The number of rotatable bonds is 9. The Labute approximate surface area is 187 Å². The van der Waals surface area contributed by atoms with Gasteiger partial charge in [0.2, 0.25) is 11.7 Å². The average Bonchev–Trinajstić information content (AvgIpc) is 3.50. The summed E-state index contributed by atoms with van der Waals surface area (Å²) in [6.45, 7) is 4.11. The van der Waals surface area contributed by atoms with Crippen LogP contribution >= 0.6 is 0 Å². The minimum atomic E-state index is -1.72. The van der Waals surface area contributed by atoms with E-state index in [-0.39, 0.29) is 23.7 Å². The molecule has 4 rings (SSSR count). The van der Waals surface area contributed by atoms with Crippen LogP contribution in [0.15, 0.2) is 51.9 Å². The average molecular weight is 458 g/mol. The molecule has 2 atom stereocenters. The van der Waals surface area contributed by atoms with Crippen LogP contribution in [0.5, 0.6) is 0 Å². The normalized spacial score (nSPS) is 15.6. The molecule has 3 aromatic rings. The zero-order valence-corrected chi connectivity index (χ0v) is 18.6. The van der Waals surface area contributed by atoms with Crippen molar-refractivity contribution in [2.45, 2.75) is 55.9 Å². The zero-order chi connectivity index (χ0) is 22.8. The lowest BCUT2D eigenvalue weighted by Crippen LogP contribution is -2.39. The van der Waals surface area contributed by atoms with Crippen molar-refractivity contribution in [1.29, 1.82) is 0 Å². The third-order valence-electron chi connectivity index (χ3n) is 5.39. The van der Waals surface area contributed by atoms with Crippen LogP contribution in [0.2, 0.25) is 0 Å². The van der Waals surface area contributed by atoms with Gasteiger partial charge in [-0.2, -0.15) is 4.98 Å². The third-order valence-corrected chi connectivity index (χ3v) is 6.59. The lowest BCUT2D eigenvalue weighted by Gasteiger charge is -2.15. The number of benzene rings is 2. The molecule has 1 aliphatic rings. The molecule has 7 nitrogen and oxygen atoms in total. The topological polar surface area (TPSA) is 105 Å². The Balaban J connectivity index is 1.45. The maximum absolute atomic E-state index is 14.7. The molecule has 32 heavy (non-hydrogen) atoms. The highest BCUT2D eigenvalue weighted by atomic mass is 32.2. The third kappa shape index (κ3) is 5.11. The van der Waals surface area contributed by atoms with Crippen molar-refractivity contribution in [3.05, 3.63) is 65.3 Å². The van der Waals surface area contributed by atoms with E-state index in [2.05, 4.69) is 28.7 Å². The van der Waals surface area contributed by atoms with Crippen LogP contribution in [0.25, 0.3) is 11.4 Å². The number of carbonyl (C=O) groups is 1. The summed E-state index contributed by atoms with van der Waals surface area (Å²) in [6, 6.07) is 10.4. The van der Waals surface area contributed by atoms with Crippen LogP contribution in [-0.2, 0) is 22.2 Å². The SMILES string of the molecule is CC(C)c1ccc(S(=O)NC(Cc2ccc(-c3noc(C4CC4)n3)c(F)c2)C(=O)O)cc1. The Morgan fingerprint density at radius 3 is 2.56 bits per heavy atom. The zero-order valence-electron chi connectivity index (χ0n) is 17.7. The summed E-state index contributed by atoms with van der Waals surface area (Å²) in [5.41, 5.74) is 1.74. The fraction of sp³-hybridized carbons (Fsp3) is 0.348. The number of carboxylic acids is 1. The molecule has 1 fully saturated rings. The number of nitrogens with one attached hydrogen (secondary N) is 1. The number of hydrogen-bond acceptors (Lipinski definition) is 5. The van der Waals surface area contributed by atoms with E-state index in [1.807, 2.05) is 12.1 Å². The van der Waals surface area contributed by atoms with Gasteiger partial charge >= 0.3 is 5.97 Å². The van der Waals surface area contributed by atoms with Gasteiger partial charge in [0, 0.05) is 5.92 Å². The number of halogens is 1. The summed E-state index contributed by atoms with van der Waals surface area (Å²) < 4.78 is 35.1.